The molecule has 4 saturated heterocycles. The van der Waals surface area contributed by atoms with Crippen LogP contribution in [0.1, 0.15) is 150 Å². The van der Waals surface area contributed by atoms with Gasteiger partial charge >= 0.3 is 0 Å². The Kier molecular flexibility index (Phi) is 26.5. The Morgan fingerprint density at radius 1 is 0.449 bits per heavy atom. The number of thioether (sulfide) groups is 1. The molecule has 10 rings (SSSR count). The number of carbonyl (C=O) groups is 4. The molecule has 5 aliphatic rings. The summed E-state index contributed by atoms with van der Waals surface area (Å²) in [6.45, 7) is 8.81. The maximum atomic E-state index is 12.5. The molecule has 4 heterocycles. The molecule has 418 valence electrons. The van der Waals surface area contributed by atoms with E-state index in [0.717, 1.165) is 85.1 Å². The van der Waals surface area contributed by atoms with Gasteiger partial charge in [0, 0.05) is 27.1 Å². The minimum atomic E-state index is 0.270. The lowest BCUT2D eigenvalue weighted by Gasteiger charge is -2.23. The van der Waals surface area contributed by atoms with Crippen molar-refractivity contribution in [3.05, 3.63) is 149 Å². The molecule has 0 atom stereocenters. The fourth-order valence-corrected chi connectivity index (χ4v) is 20.1. The molecule has 0 amide bonds. The third kappa shape index (κ3) is 20.8. The number of Topliss-reactive ketones (excluding diaryl/α,β-unsaturated/α-hetero) is 4. The molecule has 7 nitrogen and oxygen atoms in total. The van der Waals surface area contributed by atoms with Gasteiger partial charge in [0.25, 0.3) is 0 Å². The van der Waals surface area contributed by atoms with E-state index in [9.17, 15) is 19.2 Å². The van der Waals surface area contributed by atoms with Crippen molar-refractivity contribution in [2.45, 2.75) is 122 Å². The number of carbonyl (C=O) groups excluding carboxylic acids is 4. The molecule has 0 spiro atoms. The second kappa shape index (κ2) is 33.6. The van der Waals surface area contributed by atoms with Crippen LogP contribution in [0.15, 0.2) is 120 Å². The van der Waals surface area contributed by atoms with E-state index < -0.39 is 0 Å². The Labute approximate surface area is 483 Å². The average molecular weight is 1150 g/mol. The number of para-hydroxylation sites is 1. The summed E-state index contributed by atoms with van der Waals surface area (Å²) in [4.78, 5) is 50.3. The zero-order valence-corrected chi connectivity index (χ0v) is 51.1. The van der Waals surface area contributed by atoms with Crippen LogP contribution < -0.4 is 14.2 Å². The summed E-state index contributed by atoms with van der Waals surface area (Å²) in [6, 6.07) is 37.1. The van der Waals surface area contributed by atoms with Crippen LogP contribution in [0.5, 0.6) is 23.0 Å². The molecule has 12 heteroatoms. The normalized spacial score (nSPS) is 17.0. The molecule has 0 radical (unpaired) electrons. The Bertz CT molecular complexity index is 2570. The largest absolute Gasteiger partial charge is 0.494 e. The fourth-order valence-electron chi connectivity index (χ4n) is 10.4. The lowest BCUT2D eigenvalue weighted by molar-refractivity contribution is 0.101. The van der Waals surface area contributed by atoms with E-state index in [1.807, 2.05) is 136 Å². The summed E-state index contributed by atoms with van der Waals surface area (Å²) >= 11 is 1.82. The van der Waals surface area contributed by atoms with Gasteiger partial charge in [0.2, 0.25) is 23.1 Å². The maximum Gasteiger partial charge on any atom is 0.212 e. The van der Waals surface area contributed by atoms with Gasteiger partial charge in [-0.05, 0) is 243 Å². The van der Waals surface area contributed by atoms with Crippen LogP contribution in [-0.2, 0) is 43.6 Å². The molecule has 5 aromatic carbocycles. The summed E-state index contributed by atoms with van der Waals surface area (Å²) in [5.41, 5.74) is 5.57. The van der Waals surface area contributed by atoms with Crippen molar-refractivity contribution < 1.29 is 33.4 Å². The predicted molar refractivity (Wildman–Crippen MR) is 339 cm³/mol. The molecule has 0 unspecified atom stereocenters. The molecule has 0 aromatic heterocycles. The number of ether oxygens (including phenoxy) is 3. The molecular formula is C66H86O7S5+4. The molecule has 1 saturated carbocycles. The lowest BCUT2D eigenvalue weighted by Crippen LogP contribution is -2.20. The average Bonchev–Trinajstić information content (AvgIpc) is 4.33. The zero-order chi connectivity index (χ0) is 54.9. The van der Waals surface area contributed by atoms with Crippen molar-refractivity contribution in [1.82, 2.24) is 0 Å². The van der Waals surface area contributed by atoms with Crippen LogP contribution in [0.2, 0.25) is 0 Å². The van der Waals surface area contributed by atoms with E-state index in [0.29, 0.717) is 73.6 Å². The van der Waals surface area contributed by atoms with Crippen molar-refractivity contribution in [1.29, 1.82) is 0 Å². The minimum absolute atomic E-state index is 0.270. The van der Waals surface area contributed by atoms with Crippen LogP contribution >= 0.6 is 11.8 Å². The Balaban J connectivity index is 0.000000151. The molecule has 0 N–H and O–H groups in total. The maximum absolute atomic E-state index is 12.5. The summed E-state index contributed by atoms with van der Waals surface area (Å²) in [6.07, 6.45) is 17.1. The summed E-state index contributed by atoms with van der Waals surface area (Å²) < 4.78 is 17.3. The van der Waals surface area contributed by atoms with Crippen molar-refractivity contribution in [3.63, 3.8) is 0 Å². The van der Waals surface area contributed by atoms with Gasteiger partial charge in [0.1, 0.15) is 69.0 Å². The number of hydrogen-bond donors (Lipinski definition) is 0. The van der Waals surface area contributed by atoms with Crippen molar-refractivity contribution in [2.75, 3.05) is 81.4 Å². The van der Waals surface area contributed by atoms with Gasteiger partial charge in [-0.1, -0.05) is 43.7 Å². The molecule has 5 fully saturated rings. The first kappa shape index (κ1) is 61.5. The first-order chi connectivity index (χ1) is 38.0. The molecule has 78 heavy (non-hydrogen) atoms. The highest BCUT2D eigenvalue weighted by Crippen LogP contribution is 2.28. The monoisotopic (exact) mass is 1150 g/mol. The first-order valence-electron chi connectivity index (χ1n) is 28.8. The van der Waals surface area contributed by atoms with Crippen LogP contribution in [-0.4, -0.2) is 111 Å². The van der Waals surface area contributed by atoms with Crippen LogP contribution in [0.25, 0.3) is 0 Å². The highest BCUT2D eigenvalue weighted by Gasteiger charge is 2.31. The van der Waals surface area contributed by atoms with Crippen molar-refractivity contribution in [2.24, 2.45) is 0 Å². The van der Waals surface area contributed by atoms with E-state index >= 15 is 0 Å². The van der Waals surface area contributed by atoms with Crippen molar-refractivity contribution in [3.8, 4) is 23.0 Å². The van der Waals surface area contributed by atoms with Gasteiger partial charge < -0.3 is 14.2 Å². The SMILES string of the molecule is CCOc1cc(C)c(C(=O)C[S+]2CCCC2)c(C)c1.CCSc1ccc(C(=O)C[S+]2CCCC2)cc1.O=C(C[S+]1CCCC1)c1ccc(OC2CCCCC2)cc1.O=C(C[S+]1CCCC1)c1ccc(Oc2ccccc2)cc1. The third-order valence-electron chi connectivity index (χ3n) is 14.6. The Morgan fingerprint density at radius 2 is 0.833 bits per heavy atom. The Morgan fingerprint density at radius 3 is 1.24 bits per heavy atom. The highest BCUT2D eigenvalue weighted by atomic mass is 32.2. The molecule has 5 aromatic rings. The van der Waals surface area contributed by atoms with E-state index in [1.165, 1.54) is 134 Å². The lowest BCUT2D eigenvalue weighted by atomic mass is 9.98. The van der Waals surface area contributed by atoms with E-state index in [2.05, 4.69) is 19.1 Å². The Hall–Kier alpha value is -4.07. The summed E-state index contributed by atoms with van der Waals surface area (Å²) in [5.74, 6) is 18.7. The van der Waals surface area contributed by atoms with Gasteiger partial charge in [-0.15, -0.1) is 11.8 Å². The predicted octanol–water partition coefficient (Wildman–Crippen LogP) is 14.8. The molecule has 4 aliphatic heterocycles. The minimum Gasteiger partial charge on any atom is -0.494 e. The van der Waals surface area contributed by atoms with E-state index in [4.69, 9.17) is 14.2 Å². The topological polar surface area (TPSA) is 96.0 Å². The smallest absolute Gasteiger partial charge is 0.212 e. The van der Waals surface area contributed by atoms with Gasteiger partial charge in [0.15, 0.2) is 23.0 Å². The second-order valence-electron chi connectivity index (χ2n) is 20.8. The van der Waals surface area contributed by atoms with Crippen molar-refractivity contribution >= 4 is 78.5 Å². The van der Waals surface area contributed by atoms with Gasteiger partial charge in [-0.25, -0.2) is 0 Å². The fraction of sp³-hybridized carbons (Fsp3) is 0.485. The molecular weight excluding hydrogens is 1070 g/mol. The van der Waals surface area contributed by atoms with E-state index in [1.54, 1.807) is 0 Å². The van der Waals surface area contributed by atoms with Crippen LogP contribution in [0.4, 0.5) is 0 Å². The summed E-state index contributed by atoms with van der Waals surface area (Å²) in [7, 11) is 1.39. The number of rotatable bonds is 20. The highest BCUT2D eigenvalue weighted by molar-refractivity contribution is 7.99. The number of aryl methyl sites for hydroxylation is 2. The van der Waals surface area contributed by atoms with E-state index in [-0.39, 0.29) is 5.78 Å². The van der Waals surface area contributed by atoms with Gasteiger partial charge in [0.05, 0.1) is 12.7 Å². The third-order valence-corrected chi connectivity index (χ3v) is 25.1. The second-order valence-corrected chi connectivity index (χ2v) is 31.5. The zero-order valence-electron chi connectivity index (χ0n) is 47.0. The van der Waals surface area contributed by atoms with Crippen LogP contribution in [0.3, 0.4) is 0 Å². The molecule has 0 bridgehead atoms. The van der Waals surface area contributed by atoms with Gasteiger partial charge in [-0.2, -0.15) is 0 Å². The molecule has 1 aliphatic carbocycles. The standard InChI is InChI=1S/C18H25O2S.C18H19O2S.C16H23O2S.C14H19OS2/c2*19-18(14-21-12-4-5-13-21)15-8-10-17(11-9-15)20-16-6-2-1-3-7-16;1-4-18-14-9-12(2)16(13(3)10-14)15(17)11-19-7-5-6-8-19;1-2-16-13-7-5-12(6-8-13)14(15)11-17-9-3-4-10-17/h8-11,16H,1-7,12-14H2;1-3,6-11H,4-5,12-14H2;9-10H,4-8,11H2,1-3H3;5-8H,2-4,9-11H2,1H3/q4*+1. The number of benzene rings is 5. The quantitative estimate of drug-likeness (QED) is 0.0432. The summed E-state index contributed by atoms with van der Waals surface area (Å²) in [5, 5.41) is 0. The first-order valence-corrected chi connectivity index (χ1v) is 36.7. The van der Waals surface area contributed by atoms with Gasteiger partial charge in [-0.3, -0.25) is 19.2 Å². The number of hydrogen-bond acceptors (Lipinski definition) is 8. The number of ketones is 4. The van der Waals surface area contributed by atoms with Crippen LogP contribution in [0, 0.1) is 13.8 Å².